The van der Waals surface area contributed by atoms with Crippen LogP contribution in [0.5, 0.6) is 0 Å². The van der Waals surface area contributed by atoms with E-state index in [0.29, 0.717) is 5.95 Å². The Bertz CT molecular complexity index is 3460. The molecule has 0 aliphatic carbocycles. The van der Waals surface area contributed by atoms with E-state index in [0.717, 1.165) is 61.0 Å². The van der Waals surface area contributed by atoms with Crippen LogP contribution in [0.15, 0.2) is 206 Å². The highest BCUT2D eigenvalue weighted by molar-refractivity contribution is 6.22. The number of pyridine rings is 1. The van der Waals surface area contributed by atoms with Gasteiger partial charge in [0.1, 0.15) is 0 Å². The van der Waals surface area contributed by atoms with E-state index in [-0.39, 0.29) is 0 Å². The smallest absolute Gasteiger partial charge is 0.235 e. The summed E-state index contributed by atoms with van der Waals surface area (Å²) < 4.78 is 4.73. The molecule has 4 heterocycles. The van der Waals surface area contributed by atoms with E-state index in [9.17, 15) is 0 Å². The van der Waals surface area contributed by atoms with Gasteiger partial charge in [0.15, 0.2) is 0 Å². The summed E-state index contributed by atoms with van der Waals surface area (Å²) in [5.74, 6) is 0.631. The Morgan fingerprint density at radius 3 is 1.36 bits per heavy atom. The van der Waals surface area contributed by atoms with Gasteiger partial charge in [0, 0.05) is 38.1 Å². The first-order valence-electron chi connectivity index (χ1n) is 19.7. The predicted molar refractivity (Wildman–Crippen MR) is 242 cm³/mol. The van der Waals surface area contributed by atoms with Gasteiger partial charge < -0.3 is 4.40 Å². The zero-order chi connectivity index (χ0) is 38.2. The van der Waals surface area contributed by atoms with Crippen molar-refractivity contribution >= 4 is 59.9 Å². The van der Waals surface area contributed by atoms with Crippen molar-refractivity contribution in [2.75, 3.05) is 0 Å². The SMILES string of the molecule is c1ccc(-c2cccc(-c3cc(-c4cccc(-c5ccccc5)c4)nc(-n4c5ccccc5c5ccc6c(cc7c8ccccc8c8ccccc8n76)c54)n3)c2)cc1. The molecule has 0 aliphatic rings. The molecule has 12 aromatic rings. The van der Waals surface area contributed by atoms with E-state index in [1.165, 1.54) is 43.7 Å². The molecule has 0 fully saturated rings. The molecule has 270 valence electrons. The maximum atomic E-state index is 5.49. The average Bonchev–Trinajstić information content (AvgIpc) is 3.87. The summed E-state index contributed by atoms with van der Waals surface area (Å²) >= 11 is 0. The summed E-state index contributed by atoms with van der Waals surface area (Å²) in [4.78, 5) is 11.0. The van der Waals surface area contributed by atoms with Crippen LogP contribution in [0.2, 0.25) is 0 Å². The van der Waals surface area contributed by atoms with Crippen LogP contribution in [-0.4, -0.2) is 18.9 Å². The first-order valence-corrected chi connectivity index (χ1v) is 19.7. The molecule has 58 heavy (non-hydrogen) atoms. The maximum Gasteiger partial charge on any atom is 0.235 e. The minimum absolute atomic E-state index is 0.631. The van der Waals surface area contributed by atoms with Gasteiger partial charge in [-0.1, -0.05) is 164 Å². The Morgan fingerprint density at radius 1 is 0.276 bits per heavy atom. The minimum Gasteiger partial charge on any atom is -0.309 e. The number of nitrogens with zero attached hydrogens (tertiary/aromatic N) is 4. The number of rotatable bonds is 5. The van der Waals surface area contributed by atoms with Crippen molar-refractivity contribution in [1.82, 2.24) is 18.9 Å². The number of fused-ring (bicyclic) bond motifs is 12. The van der Waals surface area contributed by atoms with Crippen molar-refractivity contribution < 1.29 is 0 Å². The quantitative estimate of drug-likeness (QED) is 0.165. The fourth-order valence-corrected chi connectivity index (χ4v) is 9.05. The van der Waals surface area contributed by atoms with Gasteiger partial charge >= 0.3 is 0 Å². The summed E-state index contributed by atoms with van der Waals surface area (Å²) in [6, 6.07) is 73.7. The zero-order valence-corrected chi connectivity index (χ0v) is 31.4. The van der Waals surface area contributed by atoms with Gasteiger partial charge in [-0.2, -0.15) is 0 Å². The molecule has 0 radical (unpaired) electrons. The predicted octanol–water partition coefficient (Wildman–Crippen LogP) is 14.0. The molecule has 8 aromatic carbocycles. The van der Waals surface area contributed by atoms with Crippen LogP contribution in [0.3, 0.4) is 0 Å². The Morgan fingerprint density at radius 2 is 0.741 bits per heavy atom. The second kappa shape index (κ2) is 12.9. The summed E-state index contributed by atoms with van der Waals surface area (Å²) in [6.45, 7) is 0. The molecule has 0 bridgehead atoms. The molecule has 4 heteroatoms. The molecular weight excluding hydrogens is 705 g/mol. The van der Waals surface area contributed by atoms with Gasteiger partial charge in [0.05, 0.1) is 39.0 Å². The maximum absolute atomic E-state index is 5.49. The van der Waals surface area contributed by atoms with E-state index in [1.807, 2.05) is 0 Å². The third kappa shape index (κ3) is 5.02. The molecule has 0 saturated carbocycles. The van der Waals surface area contributed by atoms with E-state index >= 15 is 0 Å². The average molecular weight is 739 g/mol. The van der Waals surface area contributed by atoms with E-state index in [1.54, 1.807) is 0 Å². The number of para-hydroxylation sites is 2. The van der Waals surface area contributed by atoms with Gasteiger partial charge in [0.2, 0.25) is 5.95 Å². The van der Waals surface area contributed by atoms with Crippen molar-refractivity contribution in [3.8, 4) is 50.7 Å². The van der Waals surface area contributed by atoms with Crippen molar-refractivity contribution in [2.45, 2.75) is 0 Å². The molecule has 0 N–H and O–H groups in total. The van der Waals surface area contributed by atoms with Crippen LogP contribution in [0.1, 0.15) is 0 Å². The molecule has 12 rings (SSSR count). The summed E-state index contributed by atoms with van der Waals surface area (Å²) in [5, 5.41) is 7.20. The van der Waals surface area contributed by atoms with Crippen LogP contribution in [0, 0.1) is 0 Å². The fraction of sp³-hybridized carbons (Fsp3) is 0. The van der Waals surface area contributed by atoms with Gasteiger partial charge in [-0.25, -0.2) is 9.97 Å². The topological polar surface area (TPSA) is 35.1 Å². The number of benzene rings is 8. The Balaban J connectivity index is 1.18. The van der Waals surface area contributed by atoms with Gasteiger partial charge in [-0.05, 0) is 70.1 Å². The normalized spacial score (nSPS) is 11.8. The standard InChI is InChI=1S/C54H34N4/c1-3-15-35(16-4-1)37-19-13-21-39(31-37)47-34-48(40-22-14-20-38(32-40)36-17-5-2-6-18-36)56-54(55-47)58-50-28-12-10-26-44(50)45-29-30-51-46(53(45)58)33-52-43-25-8-7-23-41(43)42-24-9-11-27-49(42)57(51)52/h1-34H. The number of hydrogen-bond acceptors (Lipinski definition) is 2. The summed E-state index contributed by atoms with van der Waals surface area (Å²) in [7, 11) is 0. The first-order chi connectivity index (χ1) is 28.8. The van der Waals surface area contributed by atoms with Crippen LogP contribution in [-0.2, 0) is 0 Å². The molecule has 0 saturated heterocycles. The molecule has 0 atom stereocenters. The van der Waals surface area contributed by atoms with Crippen molar-refractivity contribution in [3.05, 3.63) is 206 Å². The summed E-state index contributed by atoms with van der Waals surface area (Å²) in [6.07, 6.45) is 0. The Kier molecular flexibility index (Phi) is 7.20. The molecule has 0 unspecified atom stereocenters. The number of hydrogen-bond donors (Lipinski definition) is 0. The second-order valence-corrected chi connectivity index (χ2v) is 15.0. The molecular formula is C54H34N4. The third-order valence-corrected chi connectivity index (χ3v) is 11.7. The Labute approximate surface area is 334 Å². The van der Waals surface area contributed by atoms with E-state index in [2.05, 4.69) is 215 Å². The second-order valence-electron chi connectivity index (χ2n) is 15.0. The highest BCUT2D eigenvalue weighted by atomic mass is 15.2. The first kappa shape index (κ1) is 32.4. The lowest BCUT2D eigenvalue weighted by Crippen LogP contribution is -2.04. The van der Waals surface area contributed by atoms with Crippen molar-refractivity contribution in [2.24, 2.45) is 0 Å². The van der Waals surface area contributed by atoms with Crippen LogP contribution >= 0.6 is 0 Å². The number of aromatic nitrogens is 4. The molecule has 0 spiro atoms. The zero-order valence-electron chi connectivity index (χ0n) is 31.4. The largest absolute Gasteiger partial charge is 0.309 e. The van der Waals surface area contributed by atoms with Gasteiger partial charge in [-0.3, -0.25) is 4.57 Å². The molecule has 0 amide bonds. The molecule has 4 nitrogen and oxygen atoms in total. The van der Waals surface area contributed by atoms with E-state index in [4.69, 9.17) is 9.97 Å². The van der Waals surface area contributed by atoms with Crippen LogP contribution in [0.4, 0.5) is 0 Å². The Hall–Kier alpha value is -7.82. The summed E-state index contributed by atoms with van der Waals surface area (Å²) in [5.41, 5.74) is 14.1. The van der Waals surface area contributed by atoms with Crippen molar-refractivity contribution in [3.63, 3.8) is 0 Å². The molecule has 4 aromatic heterocycles. The van der Waals surface area contributed by atoms with Gasteiger partial charge in [-0.15, -0.1) is 0 Å². The monoisotopic (exact) mass is 738 g/mol. The van der Waals surface area contributed by atoms with Gasteiger partial charge in [0.25, 0.3) is 0 Å². The lowest BCUT2D eigenvalue weighted by molar-refractivity contribution is 0.998. The third-order valence-electron chi connectivity index (χ3n) is 11.7. The lowest BCUT2D eigenvalue weighted by Gasteiger charge is -2.13. The van der Waals surface area contributed by atoms with Crippen LogP contribution in [0.25, 0.3) is 111 Å². The lowest BCUT2D eigenvalue weighted by atomic mass is 9.99. The minimum atomic E-state index is 0.631. The highest BCUT2D eigenvalue weighted by Crippen LogP contribution is 2.41. The fourth-order valence-electron chi connectivity index (χ4n) is 9.05. The van der Waals surface area contributed by atoms with Crippen molar-refractivity contribution in [1.29, 1.82) is 0 Å². The highest BCUT2D eigenvalue weighted by Gasteiger charge is 2.22. The van der Waals surface area contributed by atoms with E-state index < -0.39 is 0 Å². The van der Waals surface area contributed by atoms with Crippen LogP contribution < -0.4 is 0 Å². The molecule has 0 aliphatic heterocycles.